The fourth-order valence-corrected chi connectivity index (χ4v) is 1.94. The molecule has 0 aromatic heterocycles. The Hall–Kier alpha value is -0.580. The van der Waals surface area contributed by atoms with Gasteiger partial charge in [-0.15, -0.1) is 0 Å². The van der Waals surface area contributed by atoms with Gasteiger partial charge in [0.05, 0.1) is 0 Å². The second-order valence-electron chi connectivity index (χ2n) is 4.18. The van der Waals surface area contributed by atoms with Gasteiger partial charge in [0.15, 0.2) is 5.78 Å². The number of rotatable bonds is 3. The van der Waals surface area contributed by atoms with Crippen LogP contribution in [-0.2, 0) is 4.79 Å². The summed E-state index contributed by atoms with van der Waals surface area (Å²) in [6.45, 7) is 3.30. The van der Waals surface area contributed by atoms with Gasteiger partial charge in [-0.3, -0.25) is 4.79 Å². The van der Waals surface area contributed by atoms with Crippen molar-refractivity contribution in [3.05, 3.63) is 0 Å². The Balaban J connectivity index is 2.97. The molecule has 1 N–H and O–H groups in total. The average molecular weight is 223 g/mol. The fourth-order valence-electron chi connectivity index (χ4n) is 1.94. The first-order valence-corrected chi connectivity index (χ1v) is 5.17. The van der Waals surface area contributed by atoms with E-state index in [-0.39, 0.29) is 19.5 Å². The SMILES string of the molecule is CCC(C)C(=O)C1(C(F)(F)F)CCNC1. The number of alkyl halides is 3. The Morgan fingerprint density at radius 1 is 1.53 bits per heavy atom. The summed E-state index contributed by atoms with van der Waals surface area (Å²) in [6, 6.07) is 0. The van der Waals surface area contributed by atoms with Gasteiger partial charge in [-0.1, -0.05) is 13.8 Å². The van der Waals surface area contributed by atoms with Crippen LogP contribution >= 0.6 is 0 Å². The van der Waals surface area contributed by atoms with Crippen LogP contribution in [0, 0.1) is 11.3 Å². The lowest BCUT2D eigenvalue weighted by molar-refractivity contribution is -0.216. The van der Waals surface area contributed by atoms with Crippen LogP contribution in [0.15, 0.2) is 0 Å². The van der Waals surface area contributed by atoms with E-state index in [0.717, 1.165) is 0 Å². The molecule has 0 spiro atoms. The van der Waals surface area contributed by atoms with Crippen molar-refractivity contribution in [1.82, 2.24) is 5.32 Å². The van der Waals surface area contributed by atoms with E-state index in [2.05, 4.69) is 5.32 Å². The quantitative estimate of drug-likeness (QED) is 0.794. The van der Waals surface area contributed by atoms with Gasteiger partial charge in [-0.25, -0.2) is 0 Å². The molecule has 2 nitrogen and oxygen atoms in total. The van der Waals surface area contributed by atoms with Crippen molar-refractivity contribution in [1.29, 1.82) is 0 Å². The molecule has 88 valence electrons. The van der Waals surface area contributed by atoms with Gasteiger partial charge in [-0.05, 0) is 19.4 Å². The van der Waals surface area contributed by atoms with Crippen LogP contribution < -0.4 is 5.32 Å². The molecule has 0 saturated carbocycles. The summed E-state index contributed by atoms with van der Waals surface area (Å²) in [5, 5.41) is 2.64. The lowest BCUT2D eigenvalue weighted by atomic mass is 9.76. The smallest absolute Gasteiger partial charge is 0.315 e. The summed E-state index contributed by atoms with van der Waals surface area (Å²) in [7, 11) is 0. The Morgan fingerprint density at radius 3 is 2.47 bits per heavy atom. The third kappa shape index (κ3) is 2.02. The van der Waals surface area contributed by atoms with E-state index in [0.29, 0.717) is 6.42 Å². The predicted molar refractivity (Wildman–Crippen MR) is 50.4 cm³/mol. The second kappa shape index (κ2) is 4.12. The highest BCUT2D eigenvalue weighted by Crippen LogP contribution is 2.45. The molecule has 0 bridgehead atoms. The van der Waals surface area contributed by atoms with Gasteiger partial charge in [-0.2, -0.15) is 13.2 Å². The standard InChI is InChI=1S/C10H16F3NO/c1-3-7(2)8(15)9(10(11,12)13)4-5-14-6-9/h7,14H,3-6H2,1-2H3. The zero-order chi connectivity index (χ0) is 11.7. The zero-order valence-corrected chi connectivity index (χ0v) is 8.95. The second-order valence-corrected chi connectivity index (χ2v) is 4.18. The van der Waals surface area contributed by atoms with E-state index in [4.69, 9.17) is 0 Å². The average Bonchev–Trinajstić information content (AvgIpc) is 2.64. The number of Topliss-reactive ketones (excluding diaryl/α,β-unsaturated/α-hetero) is 1. The molecule has 15 heavy (non-hydrogen) atoms. The van der Waals surface area contributed by atoms with E-state index in [1.807, 2.05) is 0 Å². The number of ketones is 1. The molecule has 1 heterocycles. The van der Waals surface area contributed by atoms with Crippen molar-refractivity contribution in [2.24, 2.45) is 11.3 Å². The van der Waals surface area contributed by atoms with Crippen molar-refractivity contribution in [2.45, 2.75) is 32.9 Å². The molecule has 0 aliphatic carbocycles. The maximum Gasteiger partial charge on any atom is 0.402 e. The molecule has 1 aliphatic heterocycles. The first-order chi connectivity index (χ1) is 6.85. The van der Waals surface area contributed by atoms with Crippen molar-refractivity contribution in [3.63, 3.8) is 0 Å². The van der Waals surface area contributed by atoms with Crippen molar-refractivity contribution in [2.75, 3.05) is 13.1 Å². The molecule has 1 saturated heterocycles. The molecular weight excluding hydrogens is 207 g/mol. The molecule has 1 aliphatic rings. The van der Waals surface area contributed by atoms with Crippen molar-refractivity contribution < 1.29 is 18.0 Å². The van der Waals surface area contributed by atoms with Gasteiger partial charge in [0.2, 0.25) is 0 Å². The monoisotopic (exact) mass is 223 g/mol. The fraction of sp³-hybridized carbons (Fsp3) is 0.900. The highest BCUT2D eigenvalue weighted by Gasteiger charge is 2.61. The summed E-state index contributed by atoms with van der Waals surface area (Å²) in [5.41, 5.74) is -2.14. The van der Waals surface area contributed by atoms with Gasteiger partial charge in [0.25, 0.3) is 0 Å². The Bertz CT molecular complexity index is 244. The molecule has 0 aromatic carbocycles. The summed E-state index contributed by atoms with van der Waals surface area (Å²) in [6.07, 6.45) is -4.10. The summed E-state index contributed by atoms with van der Waals surface area (Å²) >= 11 is 0. The van der Waals surface area contributed by atoms with Crippen LogP contribution in [0.1, 0.15) is 26.7 Å². The van der Waals surface area contributed by atoms with Crippen molar-refractivity contribution >= 4 is 5.78 Å². The molecular formula is C10H16F3NO. The van der Waals surface area contributed by atoms with Gasteiger partial charge in [0, 0.05) is 12.5 Å². The number of hydrogen-bond acceptors (Lipinski definition) is 2. The highest BCUT2D eigenvalue weighted by molar-refractivity contribution is 5.88. The zero-order valence-electron chi connectivity index (χ0n) is 8.95. The third-order valence-corrected chi connectivity index (χ3v) is 3.23. The predicted octanol–water partition coefficient (Wildman–Crippen LogP) is 2.14. The van der Waals surface area contributed by atoms with Crippen LogP contribution in [0.5, 0.6) is 0 Å². The summed E-state index contributed by atoms with van der Waals surface area (Å²) in [4.78, 5) is 11.8. The molecule has 1 fully saturated rings. The first-order valence-electron chi connectivity index (χ1n) is 5.17. The minimum Gasteiger partial charge on any atom is -0.315 e. The van der Waals surface area contributed by atoms with Crippen LogP contribution in [0.25, 0.3) is 0 Å². The normalized spacial score (nSPS) is 29.1. The number of carbonyl (C=O) groups excluding carboxylic acids is 1. The molecule has 0 radical (unpaired) electrons. The first kappa shape index (κ1) is 12.5. The van der Waals surface area contributed by atoms with Gasteiger partial charge < -0.3 is 5.32 Å². The van der Waals surface area contributed by atoms with E-state index < -0.39 is 23.3 Å². The van der Waals surface area contributed by atoms with Crippen LogP contribution in [0.4, 0.5) is 13.2 Å². The maximum absolute atomic E-state index is 12.9. The van der Waals surface area contributed by atoms with Gasteiger partial charge >= 0.3 is 6.18 Å². The molecule has 5 heteroatoms. The highest BCUT2D eigenvalue weighted by atomic mass is 19.4. The molecule has 2 unspecified atom stereocenters. The topological polar surface area (TPSA) is 29.1 Å². The van der Waals surface area contributed by atoms with Crippen LogP contribution in [0.3, 0.4) is 0 Å². The maximum atomic E-state index is 12.9. The van der Waals surface area contributed by atoms with E-state index in [1.54, 1.807) is 13.8 Å². The van der Waals surface area contributed by atoms with E-state index >= 15 is 0 Å². The molecule has 0 aromatic rings. The van der Waals surface area contributed by atoms with Crippen LogP contribution in [0.2, 0.25) is 0 Å². The molecule has 2 atom stereocenters. The number of nitrogens with one attached hydrogen (secondary N) is 1. The number of hydrogen-bond donors (Lipinski definition) is 1. The lowest BCUT2D eigenvalue weighted by Gasteiger charge is -2.31. The minimum absolute atomic E-state index is 0.125. The van der Waals surface area contributed by atoms with E-state index in [1.165, 1.54) is 0 Å². The molecule has 0 amide bonds. The Morgan fingerprint density at radius 2 is 2.13 bits per heavy atom. The Kier molecular flexibility index (Phi) is 3.43. The molecule has 1 rings (SSSR count). The lowest BCUT2D eigenvalue weighted by Crippen LogP contribution is -2.48. The summed E-state index contributed by atoms with van der Waals surface area (Å²) in [5.74, 6) is -1.19. The number of halogens is 3. The van der Waals surface area contributed by atoms with E-state index in [9.17, 15) is 18.0 Å². The number of carbonyl (C=O) groups is 1. The van der Waals surface area contributed by atoms with Crippen molar-refractivity contribution in [3.8, 4) is 0 Å². The largest absolute Gasteiger partial charge is 0.402 e. The van der Waals surface area contributed by atoms with Crippen LogP contribution in [-0.4, -0.2) is 25.0 Å². The summed E-state index contributed by atoms with van der Waals surface area (Å²) < 4.78 is 38.7. The van der Waals surface area contributed by atoms with Gasteiger partial charge in [0.1, 0.15) is 5.41 Å². The third-order valence-electron chi connectivity index (χ3n) is 3.23. The Labute approximate surface area is 87.2 Å². The minimum atomic E-state index is -4.43.